The Hall–Kier alpha value is -1.58. The van der Waals surface area contributed by atoms with Gasteiger partial charge in [0.2, 0.25) is 5.75 Å². The van der Waals surface area contributed by atoms with Crippen molar-refractivity contribution >= 4 is 10.9 Å². The van der Waals surface area contributed by atoms with Gasteiger partial charge < -0.3 is 4.98 Å². The van der Waals surface area contributed by atoms with Crippen molar-refractivity contribution in [3.8, 4) is 5.75 Å². The number of rotatable bonds is 1. The van der Waals surface area contributed by atoms with Gasteiger partial charge in [0.25, 0.3) is 0 Å². The largest absolute Gasteiger partial charge is 0.361 e. The second-order valence-corrected chi connectivity index (χ2v) is 2.39. The van der Waals surface area contributed by atoms with Gasteiger partial charge in [-0.05, 0) is 18.2 Å². The Morgan fingerprint density at radius 3 is 2.83 bits per heavy atom. The van der Waals surface area contributed by atoms with Gasteiger partial charge >= 0.3 is 0 Å². The predicted molar refractivity (Wildman–Crippen MR) is 40.0 cm³/mol. The second kappa shape index (κ2) is 2.48. The maximum atomic E-state index is 13.1. The molecule has 0 radical (unpaired) electrons. The summed E-state index contributed by atoms with van der Waals surface area (Å²) in [7, 11) is 0. The van der Waals surface area contributed by atoms with Crippen LogP contribution in [-0.4, -0.2) is 4.98 Å². The molecule has 0 unspecified atom stereocenters. The van der Waals surface area contributed by atoms with Crippen LogP contribution >= 0.6 is 0 Å². The molecular formula is C8H5F2NO. The molecular weight excluding hydrogens is 164 g/mol. The van der Waals surface area contributed by atoms with Gasteiger partial charge in [0, 0.05) is 21.6 Å². The highest BCUT2D eigenvalue weighted by molar-refractivity contribution is 5.81. The van der Waals surface area contributed by atoms with Gasteiger partial charge in [-0.2, -0.15) is 0 Å². The molecule has 0 saturated heterocycles. The van der Waals surface area contributed by atoms with E-state index in [-0.39, 0.29) is 5.75 Å². The Morgan fingerprint density at radius 1 is 1.25 bits per heavy atom. The van der Waals surface area contributed by atoms with Gasteiger partial charge in [-0.1, -0.05) is 0 Å². The standard InChI is InChI=1S/C8H5F2NO/c9-8-5-3-4-11-6(5)1-2-7(8)12-10/h1-4,11H. The molecule has 2 aromatic rings. The fourth-order valence-electron chi connectivity index (χ4n) is 1.14. The summed E-state index contributed by atoms with van der Waals surface area (Å²) in [5.41, 5.74) is 0.619. The van der Waals surface area contributed by atoms with Crippen molar-refractivity contribution in [1.29, 1.82) is 0 Å². The van der Waals surface area contributed by atoms with Crippen LogP contribution in [0.5, 0.6) is 5.75 Å². The first-order valence-electron chi connectivity index (χ1n) is 3.37. The number of hydrogen-bond acceptors (Lipinski definition) is 1. The van der Waals surface area contributed by atoms with Gasteiger partial charge in [0.1, 0.15) is 0 Å². The fraction of sp³-hybridized carbons (Fsp3) is 0. The molecule has 0 amide bonds. The zero-order valence-corrected chi connectivity index (χ0v) is 5.97. The molecule has 0 atom stereocenters. The molecule has 0 saturated carbocycles. The molecule has 0 aliphatic carbocycles. The normalized spacial score (nSPS) is 10.5. The Bertz CT molecular complexity index is 410. The van der Waals surface area contributed by atoms with Crippen molar-refractivity contribution in [3.05, 3.63) is 30.2 Å². The smallest absolute Gasteiger partial charge is 0.208 e. The van der Waals surface area contributed by atoms with E-state index in [0.717, 1.165) is 0 Å². The van der Waals surface area contributed by atoms with E-state index in [1.165, 1.54) is 12.1 Å². The lowest BCUT2D eigenvalue weighted by Gasteiger charge is -1.96. The summed E-state index contributed by atoms with van der Waals surface area (Å²) < 4.78 is 24.8. The third-order valence-corrected chi connectivity index (χ3v) is 1.72. The Labute approximate surface area is 66.7 Å². The van der Waals surface area contributed by atoms with E-state index in [9.17, 15) is 8.92 Å². The molecule has 0 aliphatic rings. The molecule has 0 bridgehead atoms. The topological polar surface area (TPSA) is 25.0 Å². The number of fused-ring (bicyclic) bond motifs is 1. The molecule has 4 heteroatoms. The van der Waals surface area contributed by atoms with Crippen molar-refractivity contribution in [2.24, 2.45) is 0 Å². The number of benzene rings is 1. The lowest BCUT2D eigenvalue weighted by molar-refractivity contribution is -0.0103. The van der Waals surface area contributed by atoms with Crippen LogP contribution in [-0.2, 0) is 0 Å². The highest BCUT2D eigenvalue weighted by atomic mass is 19.3. The first kappa shape index (κ1) is 7.09. The molecule has 0 spiro atoms. The minimum Gasteiger partial charge on any atom is -0.361 e. The summed E-state index contributed by atoms with van der Waals surface area (Å²) in [6, 6.07) is 4.30. The van der Waals surface area contributed by atoms with E-state index in [2.05, 4.69) is 9.93 Å². The lowest BCUT2D eigenvalue weighted by Crippen LogP contribution is -1.83. The molecule has 2 nitrogen and oxygen atoms in total. The van der Waals surface area contributed by atoms with Gasteiger partial charge in [-0.3, -0.25) is 4.94 Å². The van der Waals surface area contributed by atoms with E-state index in [0.29, 0.717) is 10.9 Å². The molecule has 1 N–H and O–H groups in total. The second-order valence-electron chi connectivity index (χ2n) is 2.39. The summed E-state index contributed by atoms with van der Waals surface area (Å²) in [4.78, 5) is 6.13. The van der Waals surface area contributed by atoms with Crippen LogP contribution in [0.4, 0.5) is 8.92 Å². The van der Waals surface area contributed by atoms with Crippen LogP contribution in [0.25, 0.3) is 10.9 Å². The monoisotopic (exact) mass is 169 g/mol. The number of aromatic amines is 1. The molecule has 1 heterocycles. The minimum atomic E-state index is -0.684. The minimum absolute atomic E-state index is 0.324. The van der Waals surface area contributed by atoms with E-state index in [1.807, 2.05) is 0 Å². The summed E-state index contributed by atoms with van der Waals surface area (Å²) in [5.74, 6) is -1.07. The zero-order valence-electron chi connectivity index (χ0n) is 5.97. The lowest BCUT2D eigenvalue weighted by atomic mass is 10.2. The fourth-order valence-corrected chi connectivity index (χ4v) is 1.14. The number of nitrogens with one attached hydrogen (secondary N) is 1. The van der Waals surface area contributed by atoms with Crippen molar-refractivity contribution < 1.29 is 13.9 Å². The Balaban J connectivity index is 2.78. The van der Waals surface area contributed by atoms with E-state index in [4.69, 9.17) is 0 Å². The average Bonchev–Trinajstić information content (AvgIpc) is 2.53. The van der Waals surface area contributed by atoms with Crippen LogP contribution in [0.15, 0.2) is 24.4 Å². The van der Waals surface area contributed by atoms with Crippen molar-refractivity contribution in [3.63, 3.8) is 0 Å². The number of halogens is 2. The highest BCUT2D eigenvalue weighted by Gasteiger charge is 2.08. The zero-order chi connectivity index (χ0) is 8.55. The molecule has 62 valence electrons. The van der Waals surface area contributed by atoms with E-state index >= 15 is 0 Å². The summed E-state index contributed by atoms with van der Waals surface area (Å²) in [6.07, 6.45) is 1.58. The van der Waals surface area contributed by atoms with Crippen LogP contribution in [0.3, 0.4) is 0 Å². The van der Waals surface area contributed by atoms with E-state index in [1.54, 1.807) is 12.3 Å². The third kappa shape index (κ3) is 0.845. The molecule has 1 aromatic carbocycles. The Morgan fingerprint density at radius 2 is 2.08 bits per heavy atom. The summed E-state index contributed by atoms with van der Waals surface area (Å²) >= 11 is 0. The van der Waals surface area contributed by atoms with Gasteiger partial charge in [-0.15, -0.1) is 0 Å². The summed E-state index contributed by atoms with van der Waals surface area (Å²) in [6.45, 7) is 0. The average molecular weight is 169 g/mol. The van der Waals surface area contributed by atoms with Crippen LogP contribution < -0.4 is 4.94 Å². The SMILES string of the molecule is FOc1ccc2[nH]ccc2c1F. The van der Waals surface area contributed by atoms with Gasteiger partial charge in [0.05, 0.1) is 0 Å². The highest BCUT2D eigenvalue weighted by Crippen LogP contribution is 2.25. The first-order valence-corrected chi connectivity index (χ1v) is 3.37. The van der Waals surface area contributed by atoms with Crippen molar-refractivity contribution in [1.82, 2.24) is 4.98 Å². The molecule has 0 fully saturated rings. The van der Waals surface area contributed by atoms with Crippen LogP contribution in [0.1, 0.15) is 0 Å². The van der Waals surface area contributed by atoms with Gasteiger partial charge in [-0.25, -0.2) is 4.39 Å². The predicted octanol–water partition coefficient (Wildman–Crippen LogP) is 2.57. The summed E-state index contributed by atoms with van der Waals surface area (Å²) in [5, 5.41) is 0.324. The number of H-pyrrole nitrogens is 1. The molecule has 12 heavy (non-hydrogen) atoms. The van der Waals surface area contributed by atoms with Crippen LogP contribution in [0, 0.1) is 5.82 Å². The maximum Gasteiger partial charge on any atom is 0.208 e. The van der Waals surface area contributed by atoms with Crippen molar-refractivity contribution in [2.45, 2.75) is 0 Å². The number of aromatic nitrogens is 1. The van der Waals surface area contributed by atoms with Crippen LogP contribution in [0.2, 0.25) is 0 Å². The molecule has 0 aliphatic heterocycles. The molecule has 1 aromatic heterocycles. The Kier molecular flexibility index (Phi) is 1.46. The maximum absolute atomic E-state index is 13.1. The third-order valence-electron chi connectivity index (χ3n) is 1.72. The molecule has 2 rings (SSSR count). The van der Waals surface area contributed by atoms with Crippen molar-refractivity contribution in [2.75, 3.05) is 0 Å². The first-order chi connectivity index (χ1) is 5.83. The van der Waals surface area contributed by atoms with Gasteiger partial charge in [0.15, 0.2) is 5.82 Å². The van der Waals surface area contributed by atoms with E-state index < -0.39 is 5.82 Å². The number of hydrogen-bond donors (Lipinski definition) is 1. The quantitative estimate of drug-likeness (QED) is 0.697.